The lowest BCUT2D eigenvalue weighted by atomic mass is 9.99. The van der Waals surface area contributed by atoms with Crippen molar-refractivity contribution in [2.75, 3.05) is 0 Å². The summed E-state index contributed by atoms with van der Waals surface area (Å²) in [5.74, 6) is -0.552. The standard InChI is InChI=1S/C54H46N4/c1-5-15-39-23-31-45(32-24-39)50-49(43-19-11-9-12-20-43)56-54(57-50,48-37-29-42(18-8-4)30-38-48)58-52(46-33-25-40(16-6-2)26-34-46)51(44-21-13-10-14-22-44)55-53(58)47-35-27-41(17-7-3)28-36-47/h5-14,19-38H,1-4,15-18H2. The minimum absolute atomic E-state index is 0.755. The van der Waals surface area contributed by atoms with Gasteiger partial charge in [0.2, 0.25) is 0 Å². The predicted octanol–water partition coefficient (Wildman–Crippen LogP) is 12.4. The normalized spacial score (nSPS) is 14.7. The first kappa shape index (κ1) is 37.7. The van der Waals surface area contributed by atoms with Gasteiger partial charge in [-0.15, -0.1) is 26.3 Å². The Labute approximate surface area is 342 Å². The van der Waals surface area contributed by atoms with Gasteiger partial charge in [-0.1, -0.05) is 182 Å². The fourth-order valence-electron chi connectivity index (χ4n) is 7.70. The van der Waals surface area contributed by atoms with Crippen molar-refractivity contribution in [1.82, 2.24) is 9.55 Å². The molecule has 0 radical (unpaired) electrons. The summed E-state index contributed by atoms with van der Waals surface area (Å²) in [6.07, 6.45) is 10.8. The van der Waals surface area contributed by atoms with Crippen LogP contribution in [0.4, 0.5) is 0 Å². The zero-order valence-electron chi connectivity index (χ0n) is 32.8. The van der Waals surface area contributed by atoms with Gasteiger partial charge < -0.3 is 0 Å². The van der Waals surface area contributed by atoms with Crippen LogP contribution in [0.3, 0.4) is 0 Å². The number of allylic oxidation sites excluding steroid dienone is 4. The molecular formula is C54H46N4. The van der Waals surface area contributed by atoms with Crippen LogP contribution in [0.15, 0.2) is 218 Å². The van der Waals surface area contributed by atoms with Crippen LogP contribution >= 0.6 is 0 Å². The van der Waals surface area contributed by atoms with Crippen LogP contribution in [0.25, 0.3) is 33.9 Å². The zero-order chi connectivity index (χ0) is 39.9. The third-order valence-electron chi connectivity index (χ3n) is 10.6. The Morgan fingerprint density at radius 2 is 0.793 bits per heavy atom. The largest absolute Gasteiger partial charge is 0.275 e. The summed E-state index contributed by atoms with van der Waals surface area (Å²) in [6, 6.07) is 55.5. The topological polar surface area (TPSA) is 42.5 Å². The number of rotatable bonds is 15. The molecule has 1 unspecified atom stereocenters. The van der Waals surface area contributed by atoms with Crippen molar-refractivity contribution in [3.05, 3.63) is 247 Å². The average Bonchev–Trinajstić information content (AvgIpc) is 3.87. The molecule has 4 heteroatoms. The Hall–Kier alpha value is -7.17. The molecule has 0 saturated heterocycles. The van der Waals surface area contributed by atoms with E-state index < -0.39 is 5.79 Å². The van der Waals surface area contributed by atoms with E-state index in [9.17, 15) is 0 Å². The van der Waals surface area contributed by atoms with E-state index in [1.54, 1.807) is 0 Å². The van der Waals surface area contributed by atoms with Gasteiger partial charge in [-0.2, -0.15) is 0 Å². The lowest BCUT2D eigenvalue weighted by Crippen LogP contribution is -2.31. The summed E-state index contributed by atoms with van der Waals surface area (Å²) in [4.78, 5) is 17.4. The minimum atomic E-state index is -1.31. The van der Waals surface area contributed by atoms with Crippen molar-refractivity contribution in [2.45, 2.75) is 31.5 Å². The molecule has 0 saturated carbocycles. The monoisotopic (exact) mass is 750 g/mol. The maximum Gasteiger partial charge on any atom is 0.261 e. The Morgan fingerprint density at radius 1 is 0.414 bits per heavy atom. The van der Waals surface area contributed by atoms with E-state index in [0.29, 0.717) is 0 Å². The van der Waals surface area contributed by atoms with Gasteiger partial charge in [0, 0.05) is 33.4 Å². The number of hydrogen-bond donors (Lipinski definition) is 0. The molecule has 1 atom stereocenters. The molecule has 0 amide bonds. The third-order valence-corrected chi connectivity index (χ3v) is 10.6. The van der Waals surface area contributed by atoms with E-state index in [4.69, 9.17) is 15.0 Å². The fourth-order valence-corrected chi connectivity index (χ4v) is 7.70. The molecule has 0 spiro atoms. The van der Waals surface area contributed by atoms with Crippen LogP contribution in [0.1, 0.15) is 38.9 Å². The molecule has 0 aliphatic carbocycles. The van der Waals surface area contributed by atoms with Crippen molar-refractivity contribution in [1.29, 1.82) is 0 Å². The van der Waals surface area contributed by atoms with Crippen molar-refractivity contribution >= 4 is 11.4 Å². The van der Waals surface area contributed by atoms with Crippen molar-refractivity contribution in [2.24, 2.45) is 9.98 Å². The highest BCUT2D eigenvalue weighted by molar-refractivity contribution is 6.54. The minimum Gasteiger partial charge on any atom is -0.275 e. The molecule has 1 aliphatic rings. The summed E-state index contributed by atoms with van der Waals surface area (Å²) >= 11 is 0. The van der Waals surface area contributed by atoms with Crippen LogP contribution in [-0.2, 0) is 31.5 Å². The molecule has 282 valence electrons. The molecular weight excluding hydrogens is 705 g/mol. The second-order valence-electron chi connectivity index (χ2n) is 14.5. The van der Waals surface area contributed by atoms with E-state index in [2.05, 4.69) is 176 Å². The Morgan fingerprint density at radius 3 is 1.24 bits per heavy atom. The summed E-state index contributed by atoms with van der Waals surface area (Å²) in [6.45, 7) is 15.9. The summed E-state index contributed by atoms with van der Waals surface area (Å²) in [5.41, 5.74) is 13.9. The zero-order valence-corrected chi connectivity index (χ0v) is 32.8. The van der Waals surface area contributed by atoms with Crippen LogP contribution < -0.4 is 0 Å². The van der Waals surface area contributed by atoms with Gasteiger partial charge in [-0.05, 0) is 47.9 Å². The second kappa shape index (κ2) is 16.9. The Kier molecular flexibility index (Phi) is 11.0. The van der Waals surface area contributed by atoms with E-state index in [0.717, 1.165) is 93.3 Å². The van der Waals surface area contributed by atoms with E-state index in [1.807, 2.05) is 36.4 Å². The maximum atomic E-state index is 5.88. The quantitative estimate of drug-likeness (QED) is 0.0962. The molecule has 58 heavy (non-hydrogen) atoms. The number of aliphatic imine (C=N–C) groups is 2. The molecule has 0 bridgehead atoms. The van der Waals surface area contributed by atoms with E-state index >= 15 is 0 Å². The van der Waals surface area contributed by atoms with Crippen LogP contribution in [0.5, 0.6) is 0 Å². The molecule has 2 heterocycles. The van der Waals surface area contributed by atoms with Gasteiger partial charge in [0.25, 0.3) is 5.79 Å². The highest BCUT2D eigenvalue weighted by Crippen LogP contribution is 2.46. The summed E-state index contributed by atoms with van der Waals surface area (Å²) in [5, 5.41) is 0. The Bertz CT molecular complexity index is 2630. The highest BCUT2D eigenvalue weighted by atomic mass is 15.4. The highest BCUT2D eigenvalue weighted by Gasteiger charge is 2.45. The van der Waals surface area contributed by atoms with Crippen LogP contribution in [0, 0.1) is 0 Å². The SMILES string of the molecule is C=CCc1ccc(C2=NC(c3ccc(CC=C)cc3)(n3c(-c4ccc(CC=C)cc4)nc(-c4ccccc4)c3-c3ccc(CC=C)cc3)N=C2c2ccccc2)cc1. The van der Waals surface area contributed by atoms with Crippen molar-refractivity contribution in [3.8, 4) is 33.9 Å². The predicted molar refractivity (Wildman–Crippen MR) is 244 cm³/mol. The van der Waals surface area contributed by atoms with Gasteiger partial charge in [0.1, 0.15) is 5.82 Å². The van der Waals surface area contributed by atoms with Gasteiger partial charge in [-0.3, -0.25) is 4.57 Å². The first-order valence-electron chi connectivity index (χ1n) is 19.8. The van der Waals surface area contributed by atoms with Gasteiger partial charge in [0.15, 0.2) is 0 Å². The van der Waals surface area contributed by atoms with Gasteiger partial charge >= 0.3 is 0 Å². The maximum absolute atomic E-state index is 5.88. The van der Waals surface area contributed by atoms with E-state index in [-0.39, 0.29) is 0 Å². The lowest BCUT2D eigenvalue weighted by Gasteiger charge is -2.30. The first-order chi connectivity index (χ1) is 28.5. The smallest absolute Gasteiger partial charge is 0.261 e. The van der Waals surface area contributed by atoms with Crippen molar-refractivity contribution in [3.63, 3.8) is 0 Å². The van der Waals surface area contributed by atoms with Gasteiger partial charge in [0.05, 0.1) is 22.8 Å². The Balaban J connectivity index is 1.52. The summed E-state index contributed by atoms with van der Waals surface area (Å²) < 4.78 is 2.28. The number of aromatic nitrogens is 2. The molecule has 1 aromatic heterocycles. The third kappa shape index (κ3) is 7.40. The molecule has 1 aliphatic heterocycles. The lowest BCUT2D eigenvalue weighted by molar-refractivity contribution is 0.409. The second-order valence-corrected chi connectivity index (χ2v) is 14.5. The number of benzene rings is 6. The molecule has 7 aromatic rings. The average molecular weight is 751 g/mol. The number of imidazole rings is 1. The molecule has 6 aromatic carbocycles. The first-order valence-corrected chi connectivity index (χ1v) is 19.8. The van der Waals surface area contributed by atoms with E-state index in [1.165, 1.54) is 16.7 Å². The van der Waals surface area contributed by atoms with Crippen molar-refractivity contribution < 1.29 is 0 Å². The molecule has 0 fully saturated rings. The molecule has 8 rings (SSSR count). The molecule has 0 N–H and O–H groups in total. The van der Waals surface area contributed by atoms with Gasteiger partial charge in [-0.25, -0.2) is 15.0 Å². The number of nitrogens with zero attached hydrogens (tertiary/aromatic N) is 4. The summed E-state index contributed by atoms with van der Waals surface area (Å²) in [7, 11) is 0. The van der Waals surface area contributed by atoms with Crippen LogP contribution in [0.2, 0.25) is 0 Å². The fraction of sp³-hybridized carbons (Fsp3) is 0.0926. The van der Waals surface area contributed by atoms with Crippen LogP contribution in [-0.4, -0.2) is 21.0 Å². The number of hydrogen-bond acceptors (Lipinski definition) is 3. The molecule has 4 nitrogen and oxygen atoms in total.